The Hall–Kier alpha value is -3.32. The molecule has 0 unspecified atom stereocenters. The summed E-state index contributed by atoms with van der Waals surface area (Å²) in [5.74, 6) is 1.71. The number of ether oxygens (including phenoxy) is 3. The van der Waals surface area contributed by atoms with Gasteiger partial charge < -0.3 is 14.2 Å². The van der Waals surface area contributed by atoms with E-state index in [-0.39, 0.29) is 0 Å². The monoisotopic (exact) mass is 437 g/mol. The average molecular weight is 438 g/mol. The second-order valence-electron chi connectivity index (χ2n) is 6.86. The van der Waals surface area contributed by atoms with Gasteiger partial charge in [-0.25, -0.2) is 4.68 Å². The normalized spacial score (nSPS) is 11.7. The van der Waals surface area contributed by atoms with Gasteiger partial charge in [0.15, 0.2) is 11.5 Å². The third kappa shape index (κ3) is 4.88. The molecule has 0 fully saturated rings. The van der Waals surface area contributed by atoms with Gasteiger partial charge in [0.05, 0.1) is 39.8 Å². The Morgan fingerprint density at radius 1 is 1.03 bits per heavy atom. The van der Waals surface area contributed by atoms with Gasteiger partial charge in [-0.15, -0.1) is 17.9 Å². The zero-order chi connectivity index (χ0) is 22.4. The lowest BCUT2D eigenvalue weighted by atomic mass is 10.1. The van der Waals surface area contributed by atoms with E-state index in [1.165, 1.54) is 16.9 Å². The van der Waals surface area contributed by atoms with Gasteiger partial charge in [0.1, 0.15) is 0 Å². The van der Waals surface area contributed by atoms with E-state index in [1.54, 1.807) is 27.4 Å². The van der Waals surface area contributed by atoms with Crippen LogP contribution in [0.4, 0.5) is 0 Å². The van der Waals surface area contributed by atoms with Crippen molar-refractivity contribution in [2.24, 2.45) is 10.1 Å². The minimum atomic E-state index is 0.508. The molecular weight excluding hydrogens is 410 g/mol. The van der Waals surface area contributed by atoms with Crippen LogP contribution in [-0.4, -0.2) is 38.8 Å². The van der Waals surface area contributed by atoms with Crippen LogP contribution in [0.15, 0.2) is 58.5 Å². The topological polar surface area (TPSA) is 57.3 Å². The Kier molecular flexibility index (Phi) is 7.31. The highest BCUT2D eigenvalue weighted by Crippen LogP contribution is 2.41. The second kappa shape index (κ2) is 10.1. The summed E-state index contributed by atoms with van der Waals surface area (Å²) in [7, 11) is 4.80. The Morgan fingerprint density at radius 3 is 2.35 bits per heavy atom. The first-order valence-electron chi connectivity index (χ1n) is 9.76. The van der Waals surface area contributed by atoms with Crippen LogP contribution in [0.5, 0.6) is 17.2 Å². The van der Waals surface area contributed by atoms with Crippen LogP contribution in [0.3, 0.4) is 0 Å². The first-order chi connectivity index (χ1) is 15.0. The van der Waals surface area contributed by atoms with Crippen LogP contribution in [0.1, 0.15) is 16.7 Å². The molecule has 0 N–H and O–H groups in total. The molecule has 0 aliphatic heterocycles. The van der Waals surface area contributed by atoms with Gasteiger partial charge in [-0.05, 0) is 37.1 Å². The summed E-state index contributed by atoms with van der Waals surface area (Å²) in [4.78, 5) is 5.37. The maximum atomic E-state index is 5.52. The highest BCUT2D eigenvalue weighted by Gasteiger charge is 2.17. The third-order valence-electron chi connectivity index (χ3n) is 4.75. The maximum Gasteiger partial charge on any atom is 0.206 e. The summed E-state index contributed by atoms with van der Waals surface area (Å²) in [6.45, 7) is 8.42. The summed E-state index contributed by atoms with van der Waals surface area (Å²) in [5.41, 5.74) is 5.15. The molecule has 3 rings (SSSR count). The number of rotatable bonds is 8. The lowest BCUT2D eigenvalue weighted by Gasteiger charge is -2.14. The average Bonchev–Trinajstić information content (AvgIpc) is 3.19. The molecule has 0 saturated heterocycles. The van der Waals surface area contributed by atoms with Gasteiger partial charge >= 0.3 is 0 Å². The van der Waals surface area contributed by atoms with E-state index in [1.807, 2.05) is 28.4 Å². The van der Waals surface area contributed by atoms with E-state index in [0.717, 1.165) is 27.2 Å². The minimum absolute atomic E-state index is 0.508. The molecule has 2 aromatic carbocycles. The molecule has 0 bridgehead atoms. The van der Waals surface area contributed by atoms with Crippen LogP contribution < -0.4 is 19.0 Å². The Morgan fingerprint density at radius 2 is 1.74 bits per heavy atom. The molecule has 1 aromatic heterocycles. The van der Waals surface area contributed by atoms with Crippen molar-refractivity contribution in [3.8, 4) is 28.5 Å². The van der Waals surface area contributed by atoms with Crippen LogP contribution in [0.25, 0.3) is 11.3 Å². The molecule has 7 heteroatoms. The maximum absolute atomic E-state index is 5.52. The van der Waals surface area contributed by atoms with Gasteiger partial charge in [0, 0.05) is 10.9 Å². The summed E-state index contributed by atoms with van der Waals surface area (Å²) < 4.78 is 18.3. The summed E-state index contributed by atoms with van der Waals surface area (Å²) >= 11 is 1.51. The number of thiazole rings is 1. The van der Waals surface area contributed by atoms with Crippen LogP contribution in [0.2, 0.25) is 0 Å². The number of methoxy groups -OCH3 is 3. The van der Waals surface area contributed by atoms with E-state index >= 15 is 0 Å². The number of hydrogen-bond donors (Lipinski definition) is 0. The first-order valence-corrected chi connectivity index (χ1v) is 10.6. The molecule has 0 atom stereocenters. The van der Waals surface area contributed by atoms with Crippen molar-refractivity contribution < 1.29 is 14.2 Å². The predicted molar refractivity (Wildman–Crippen MR) is 127 cm³/mol. The zero-order valence-electron chi connectivity index (χ0n) is 18.5. The van der Waals surface area contributed by atoms with Crippen molar-refractivity contribution in [2.75, 3.05) is 27.9 Å². The van der Waals surface area contributed by atoms with E-state index in [2.05, 4.69) is 43.6 Å². The van der Waals surface area contributed by atoms with E-state index in [4.69, 9.17) is 19.3 Å². The van der Waals surface area contributed by atoms with E-state index in [9.17, 15) is 0 Å². The first kappa shape index (κ1) is 22.4. The second-order valence-corrected chi connectivity index (χ2v) is 7.70. The van der Waals surface area contributed by atoms with Gasteiger partial charge in [-0.1, -0.05) is 29.8 Å². The fourth-order valence-corrected chi connectivity index (χ4v) is 3.96. The van der Waals surface area contributed by atoms with E-state index < -0.39 is 0 Å². The van der Waals surface area contributed by atoms with Gasteiger partial charge in [0.2, 0.25) is 10.6 Å². The molecule has 3 aromatic rings. The summed E-state index contributed by atoms with van der Waals surface area (Å²) in [6, 6.07) is 10.1. The molecule has 0 aliphatic carbocycles. The third-order valence-corrected chi connectivity index (χ3v) is 5.60. The molecular formula is C24H27N3O3S. The van der Waals surface area contributed by atoms with Crippen molar-refractivity contribution in [1.29, 1.82) is 0 Å². The van der Waals surface area contributed by atoms with Crippen molar-refractivity contribution in [3.63, 3.8) is 0 Å². The molecule has 1 heterocycles. The molecule has 162 valence electrons. The lowest BCUT2D eigenvalue weighted by Crippen LogP contribution is -2.12. The molecule has 6 nitrogen and oxygen atoms in total. The molecule has 0 amide bonds. The molecule has 0 radical (unpaired) electrons. The van der Waals surface area contributed by atoms with Crippen LogP contribution in [-0.2, 0) is 0 Å². The van der Waals surface area contributed by atoms with Gasteiger partial charge in [-0.3, -0.25) is 4.99 Å². The number of aryl methyl sites for hydroxylation is 2. The minimum Gasteiger partial charge on any atom is -0.493 e. The van der Waals surface area contributed by atoms with Gasteiger partial charge in [-0.2, -0.15) is 5.10 Å². The van der Waals surface area contributed by atoms with E-state index in [0.29, 0.717) is 23.8 Å². The smallest absolute Gasteiger partial charge is 0.206 e. The number of aromatic nitrogens is 1. The fraction of sp³-hybridized carbons (Fsp3) is 0.250. The largest absolute Gasteiger partial charge is 0.493 e. The molecule has 31 heavy (non-hydrogen) atoms. The molecule has 0 saturated carbocycles. The molecule has 0 spiro atoms. The standard InChI is InChI=1S/C24H27N3O3S/c1-7-10-25-24-27(26-14-19-11-16(2)8-9-17(19)3)20(15-31-24)18-12-21(28-4)23(30-6)22(13-18)29-5/h7-9,11-15H,1,10H2,2-6H3. The Labute approximate surface area is 186 Å². The quantitative estimate of drug-likeness (QED) is 0.375. The highest BCUT2D eigenvalue weighted by atomic mass is 32.1. The highest BCUT2D eigenvalue weighted by molar-refractivity contribution is 7.07. The van der Waals surface area contributed by atoms with Crippen LogP contribution in [0, 0.1) is 13.8 Å². The Bertz CT molecular complexity index is 1150. The van der Waals surface area contributed by atoms with Gasteiger partial charge in [0.25, 0.3) is 0 Å². The zero-order valence-corrected chi connectivity index (χ0v) is 19.3. The lowest BCUT2D eigenvalue weighted by molar-refractivity contribution is 0.324. The van der Waals surface area contributed by atoms with Crippen molar-refractivity contribution >= 4 is 17.6 Å². The predicted octanol–water partition coefficient (Wildman–Crippen LogP) is 4.83. The number of nitrogens with zero attached hydrogens (tertiary/aromatic N) is 3. The molecule has 0 aliphatic rings. The number of hydrogen-bond acceptors (Lipinski definition) is 6. The van der Waals surface area contributed by atoms with Crippen molar-refractivity contribution in [2.45, 2.75) is 13.8 Å². The number of benzene rings is 2. The van der Waals surface area contributed by atoms with Crippen molar-refractivity contribution in [1.82, 2.24) is 4.68 Å². The fourth-order valence-electron chi connectivity index (χ4n) is 3.11. The summed E-state index contributed by atoms with van der Waals surface area (Å²) in [6.07, 6.45) is 3.63. The van der Waals surface area contributed by atoms with Crippen molar-refractivity contribution in [3.05, 3.63) is 69.9 Å². The Balaban J connectivity index is 2.19. The SMILES string of the molecule is C=CCN=c1scc(-c2cc(OC)c(OC)c(OC)c2)n1N=Cc1cc(C)ccc1C. The van der Waals surface area contributed by atoms with Crippen LogP contribution >= 0.6 is 11.3 Å². The summed E-state index contributed by atoms with van der Waals surface area (Å²) in [5, 5.41) is 6.80.